The largest absolute Gasteiger partial charge is 0.464 e. The zero-order valence-electron chi connectivity index (χ0n) is 15.8. The van der Waals surface area contributed by atoms with Crippen LogP contribution in [0.5, 0.6) is 5.75 Å². The van der Waals surface area contributed by atoms with Crippen molar-refractivity contribution in [1.82, 2.24) is 0 Å². The van der Waals surface area contributed by atoms with Gasteiger partial charge in [-0.25, -0.2) is 0 Å². The molecular formula is C21H19F2NO5. The number of para-hydroxylation sites is 2. The molecule has 29 heavy (non-hydrogen) atoms. The summed E-state index contributed by atoms with van der Waals surface area (Å²) in [5.74, 6) is -1.47. The number of aryl methyl sites for hydroxylation is 2. The van der Waals surface area contributed by atoms with Crippen LogP contribution in [0.1, 0.15) is 16.7 Å². The summed E-state index contributed by atoms with van der Waals surface area (Å²) in [6.07, 6.45) is 1.43. The Morgan fingerprint density at radius 3 is 2.66 bits per heavy atom. The third-order valence-electron chi connectivity index (χ3n) is 4.42. The molecule has 1 amide bonds. The quantitative estimate of drug-likeness (QED) is 0.593. The maximum absolute atomic E-state index is 12.4. The summed E-state index contributed by atoms with van der Waals surface area (Å²) in [7, 11) is 0. The lowest BCUT2D eigenvalue weighted by Gasteiger charge is -2.11. The lowest BCUT2D eigenvalue weighted by atomic mass is 10.0. The number of hydrogen-bond donors (Lipinski definition) is 1. The topological polar surface area (TPSA) is 77.8 Å². The number of benzene rings is 2. The number of halogens is 2. The van der Waals surface area contributed by atoms with Crippen LogP contribution in [0.4, 0.5) is 14.5 Å². The lowest BCUT2D eigenvalue weighted by molar-refractivity contribution is -0.146. The highest BCUT2D eigenvalue weighted by molar-refractivity contribution is 5.94. The van der Waals surface area contributed by atoms with Crippen molar-refractivity contribution >= 4 is 28.5 Å². The van der Waals surface area contributed by atoms with E-state index in [-0.39, 0.29) is 17.9 Å². The number of nitrogens with one attached hydrogen (secondary N) is 1. The molecule has 3 rings (SSSR count). The molecule has 0 aliphatic carbocycles. The Hall–Kier alpha value is -3.42. The van der Waals surface area contributed by atoms with Crippen LogP contribution < -0.4 is 10.1 Å². The first-order chi connectivity index (χ1) is 13.8. The Labute approximate surface area is 165 Å². The summed E-state index contributed by atoms with van der Waals surface area (Å²) in [4.78, 5) is 24.1. The summed E-state index contributed by atoms with van der Waals surface area (Å²) in [6, 6.07) is 9.55. The van der Waals surface area contributed by atoms with Crippen molar-refractivity contribution in [2.75, 3.05) is 11.9 Å². The standard InChI is InChI=1S/C21H19F2NO5/c1-12-7-8-15-14(10-28-20(15)13(12)2)9-19(26)27-11-18(25)24-16-5-3-4-6-17(16)29-21(22)23/h3-8,10,21H,9,11H2,1-2H3,(H,24,25). The number of alkyl halides is 2. The number of ether oxygens (including phenoxy) is 2. The predicted molar refractivity (Wildman–Crippen MR) is 102 cm³/mol. The van der Waals surface area contributed by atoms with Crippen molar-refractivity contribution in [1.29, 1.82) is 0 Å². The molecule has 6 nitrogen and oxygen atoms in total. The third kappa shape index (κ3) is 4.90. The number of esters is 1. The maximum Gasteiger partial charge on any atom is 0.387 e. The van der Waals surface area contributed by atoms with Gasteiger partial charge in [0.1, 0.15) is 11.3 Å². The fraction of sp³-hybridized carbons (Fsp3) is 0.238. The molecule has 152 valence electrons. The second kappa shape index (κ2) is 8.72. The van der Waals surface area contributed by atoms with Gasteiger partial charge in [0.2, 0.25) is 0 Å². The van der Waals surface area contributed by atoms with Gasteiger partial charge in [-0.3, -0.25) is 9.59 Å². The minimum Gasteiger partial charge on any atom is -0.464 e. The van der Waals surface area contributed by atoms with E-state index in [2.05, 4.69) is 10.1 Å². The van der Waals surface area contributed by atoms with E-state index in [0.717, 1.165) is 16.5 Å². The molecule has 0 saturated carbocycles. The molecule has 0 aliphatic heterocycles. The highest BCUT2D eigenvalue weighted by Gasteiger charge is 2.16. The zero-order valence-corrected chi connectivity index (χ0v) is 15.8. The van der Waals surface area contributed by atoms with Gasteiger partial charge in [0.05, 0.1) is 18.4 Å². The first-order valence-corrected chi connectivity index (χ1v) is 8.80. The van der Waals surface area contributed by atoms with E-state index in [4.69, 9.17) is 9.15 Å². The summed E-state index contributed by atoms with van der Waals surface area (Å²) >= 11 is 0. The smallest absolute Gasteiger partial charge is 0.387 e. The van der Waals surface area contributed by atoms with Crippen LogP contribution in [0.2, 0.25) is 0 Å². The van der Waals surface area contributed by atoms with Gasteiger partial charge >= 0.3 is 12.6 Å². The van der Waals surface area contributed by atoms with Gasteiger partial charge in [0.25, 0.3) is 5.91 Å². The number of furan rings is 1. The third-order valence-corrected chi connectivity index (χ3v) is 4.42. The fourth-order valence-corrected chi connectivity index (χ4v) is 2.83. The Morgan fingerprint density at radius 2 is 1.90 bits per heavy atom. The van der Waals surface area contributed by atoms with Crippen LogP contribution in [0.15, 0.2) is 47.1 Å². The van der Waals surface area contributed by atoms with Gasteiger partial charge in [0.15, 0.2) is 6.61 Å². The van der Waals surface area contributed by atoms with Gasteiger partial charge in [-0.15, -0.1) is 0 Å². The lowest BCUT2D eigenvalue weighted by Crippen LogP contribution is -2.22. The van der Waals surface area contributed by atoms with E-state index in [1.165, 1.54) is 24.5 Å². The molecule has 0 spiro atoms. The van der Waals surface area contributed by atoms with Gasteiger partial charge in [-0.2, -0.15) is 8.78 Å². The molecule has 0 fully saturated rings. The van der Waals surface area contributed by atoms with Crippen molar-refractivity contribution in [3.63, 3.8) is 0 Å². The number of amides is 1. The molecule has 0 atom stereocenters. The number of anilines is 1. The van der Waals surface area contributed by atoms with Crippen molar-refractivity contribution in [3.8, 4) is 5.75 Å². The summed E-state index contributed by atoms with van der Waals surface area (Å²) < 4.78 is 39.7. The van der Waals surface area contributed by atoms with Crippen LogP contribution in [-0.4, -0.2) is 25.1 Å². The average Bonchev–Trinajstić information content (AvgIpc) is 3.07. The van der Waals surface area contributed by atoms with Crippen molar-refractivity contribution in [2.24, 2.45) is 0 Å². The molecule has 3 aromatic rings. The SMILES string of the molecule is Cc1ccc2c(CC(=O)OCC(=O)Nc3ccccc3OC(F)F)coc2c1C. The molecule has 2 aromatic carbocycles. The number of hydrogen-bond acceptors (Lipinski definition) is 5. The van der Waals surface area contributed by atoms with Gasteiger partial charge in [-0.05, 0) is 37.1 Å². The second-order valence-electron chi connectivity index (χ2n) is 6.41. The molecule has 0 radical (unpaired) electrons. The van der Waals surface area contributed by atoms with Gasteiger partial charge in [0, 0.05) is 10.9 Å². The monoisotopic (exact) mass is 403 g/mol. The fourth-order valence-electron chi connectivity index (χ4n) is 2.83. The number of carbonyl (C=O) groups excluding carboxylic acids is 2. The first-order valence-electron chi connectivity index (χ1n) is 8.80. The Bertz CT molecular complexity index is 1040. The molecule has 8 heteroatoms. The van der Waals surface area contributed by atoms with Crippen LogP contribution in [0.3, 0.4) is 0 Å². The molecule has 1 N–H and O–H groups in total. The molecular weight excluding hydrogens is 384 g/mol. The first kappa shape index (κ1) is 20.3. The number of rotatable bonds is 7. The average molecular weight is 403 g/mol. The Balaban J connectivity index is 1.58. The van der Waals surface area contributed by atoms with E-state index in [0.29, 0.717) is 11.1 Å². The van der Waals surface area contributed by atoms with Crippen LogP contribution >= 0.6 is 0 Å². The van der Waals surface area contributed by atoms with Crippen LogP contribution in [0, 0.1) is 13.8 Å². The second-order valence-corrected chi connectivity index (χ2v) is 6.41. The molecule has 0 unspecified atom stereocenters. The Kier molecular flexibility index (Phi) is 6.11. The van der Waals surface area contributed by atoms with Crippen molar-refractivity contribution in [3.05, 3.63) is 59.4 Å². The molecule has 0 aliphatic rings. The minimum atomic E-state index is -3.02. The van der Waals surface area contributed by atoms with E-state index in [9.17, 15) is 18.4 Å². The highest BCUT2D eigenvalue weighted by Crippen LogP contribution is 2.27. The minimum absolute atomic E-state index is 0.0560. The maximum atomic E-state index is 12.4. The van der Waals surface area contributed by atoms with Crippen LogP contribution in [0.25, 0.3) is 11.0 Å². The molecule has 0 bridgehead atoms. The highest BCUT2D eigenvalue weighted by atomic mass is 19.3. The van der Waals surface area contributed by atoms with Crippen molar-refractivity contribution < 1.29 is 32.3 Å². The zero-order chi connectivity index (χ0) is 21.0. The van der Waals surface area contributed by atoms with Crippen LogP contribution in [-0.2, 0) is 20.7 Å². The summed E-state index contributed by atoms with van der Waals surface area (Å²) in [5.41, 5.74) is 3.49. The van der Waals surface area contributed by atoms with E-state index >= 15 is 0 Å². The molecule has 1 aromatic heterocycles. The molecule has 0 saturated heterocycles. The van der Waals surface area contributed by atoms with Crippen molar-refractivity contribution in [2.45, 2.75) is 26.9 Å². The normalized spacial score (nSPS) is 10.9. The van der Waals surface area contributed by atoms with E-state index < -0.39 is 25.1 Å². The van der Waals surface area contributed by atoms with Gasteiger partial charge < -0.3 is 19.2 Å². The van der Waals surface area contributed by atoms with E-state index in [1.807, 2.05) is 26.0 Å². The number of fused-ring (bicyclic) bond motifs is 1. The molecule has 1 heterocycles. The van der Waals surface area contributed by atoms with E-state index in [1.54, 1.807) is 6.07 Å². The summed E-state index contributed by atoms with van der Waals surface area (Å²) in [5, 5.41) is 3.19. The van der Waals surface area contributed by atoms with Gasteiger partial charge in [-0.1, -0.05) is 24.3 Å². The summed E-state index contributed by atoms with van der Waals surface area (Å²) in [6.45, 7) is 0.316. The predicted octanol–water partition coefficient (Wildman–Crippen LogP) is 4.38. The Morgan fingerprint density at radius 1 is 1.14 bits per heavy atom. The number of carbonyl (C=O) groups is 2.